The minimum atomic E-state index is -0.330. The molecule has 0 atom stereocenters. The second-order valence-electron chi connectivity index (χ2n) is 6.47. The van der Waals surface area contributed by atoms with Crippen molar-refractivity contribution in [1.29, 1.82) is 0 Å². The van der Waals surface area contributed by atoms with Crippen LogP contribution in [0.15, 0.2) is 48.5 Å². The van der Waals surface area contributed by atoms with Crippen LogP contribution in [-0.4, -0.2) is 40.9 Å². The van der Waals surface area contributed by atoms with E-state index in [1.165, 1.54) is 11.1 Å². The Hall–Kier alpha value is -2.24. The van der Waals surface area contributed by atoms with Crippen LogP contribution in [0.5, 0.6) is 0 Å². The molecule has 1 heterocycles. The summed E-state index contributed by atoms with van der Waals surface area (Å²) in [5, 5.41) is 10.9. The molecule has 1 fully saturated rings. The number of nitro groups is 1. The first-order valence-corrected chi connectivity index (χ1v) is 8.34. The fraction of sp³-hybridized carbons (Fsp3) is 0.368. The highest BCUT2D eigenvalue weighted by molar-refractivity contribution is 5.34. The van der Waals surface area contributed by atoms with E-state index >= 15 is 0 Å². The minimum Gasteiger partial charge on any atom is -0.297 e. The van der Waals surface area contributed by atoms with Gasteiger partial charge in [0.05, 0.1) is 4.92 Å². The van der Waals surface area contributed by atoms with E-state index in [2.05, 4.69) is 41.0 Å². The van der Waals surface area contributed by atoms with Crippen molar-refractivity contribution >= 4 is 5.69 Å². The smallest absolute Gasteiger partial charge is 0.269 e. The molecule has 0 spiro atoms. The van der Waals surface area contributed by atoms with E-state index < -0.39 is 0 Å². The fourth-order valence-electron chi connectivity index (χ4n) is 3.20. The number of hydrogen-bond acceptors (Lipinski definition) is 4. The molecule has 126 valence electrons. The van der Waals surface area contributed by atoms with Gasteiger partial charge in [0.15, 0.2) is 0 Å². The number of hydrogen-bond donors (Lipinski definition) is 0. The monoisotopic (exact) mass is 325 g/mol. The summed E-state index contributed by atoms with van der Waals surface area (Å²) in [6.07, 6.45) is 0. The first kappa shape index (κ1) is 16.6. The van der Waals surface area contributed by atoms with Crippen LogP contribution in [0.25, 0.3) is 0 Å². The Morgan fingerprint density at radius 1 is 0.917 bits per heavy atom. The highest BCUT2D eigenvalue weighted by Crippen LogP contribution is 2.16. The lowest BCUT2D eigenvalue weighted by atomic mass is 10.1. The van der Waals surface area contributed by atoms with Crippen LogP contribution in [0.4, 0.5) is 5.69 Å². The molecule has 2 aromatic carbocycles. The molecule has 24 heavy (non-hydrogen) atoms. The van der Waals surface area contributed by atoms with Crippen LogP contribution >= 0.6 is 0 Å². The van der Waals surface area contributed by atoms with Crippen LogP contribution < -0.4 is 0 Å². The highest BCUT2D eigenvalue weighted by Gasteiger charge is 2.17. The molecule has 5 nitrogen and oxygen atoms in total. The number of aryl methyl sites for hydroxylation is 1. The molecule has 0 N–H and O–H groups in total. The number of non-ortho nitro benzene ring substituents is 1. The van der Waals surface area contributed by atoms with Crippen LogP contribution in [0.2, 0.25) is 0 Å². The molecule has 1 aliphatic rings. The van der Waals surface area contributed by atoms with E-state index in [1.54, 1.807) is 18.2 Å². The van der Waals surface area contributed by atoms with Gasteiger partial charge in [-0.3, -0.25) is 19.9 Å². The highest BCUT2D eigenvalue weighted by atomic mass is 16.6. The standard InChI is InChI=1S/C19H23N3O2/c1-16-4-2-5-17(12-16)14-20-8-10-21(11-9-20)15-18-6-3-7-19(13-18)22(23)24/h2-7,12-13H,8-11,14-15H2,1H3. The average Bonchev–Trinajstić information content (AvgIpc) is 2.57. The van der Waals surface area contributed by atoms with Gasteiger partial charge in [0.25, 0.3) is 5.69 Å². The summed E-state index contributed by atoms with van der Waals surface area (Å²) in [6.45, 7) is 7.95. The van der Waals surface area contributed by atoms with Crippen molar-refractivity contribution in [2.45, 2.75) is 20.0 Å². The predicted molar refractivity (Wildman–Crippen MR) is 94.8 cm³/mol. The average molecular weight is 325 g/mol. The molecule has 0 amide bonds. The molecular formula is C19H23N3O2. The maximum atomic E-state index is 10.9. The Morgan fingerprint density at radius 3 is 2.00 bits per heavy atom. The van der Waals surface area contributed by atoms with E-state index in [9.17, 15) is 10.1 Å². The Bertz CT molecular complexity index is 709. The molecule has 0 aromatic heterocycles. The minimum absolute atomic E-state index is 0.172. The van der Waals surface area contributed by atoms with Crippen molar-refractivity contribution in [3.05, 3.63) is 75.3 Å². The van der Waals surface area contributed by atoms with E-state index in [1.807, 2.05) is 6.07 Å². The van der Waals surface area contributed by atoms with Crippen molar-refractivity contribution in [3.8, 4) is 0 Å². The fourth-order valence-corrected chi connectivity index (χ4v) is 3.20. The van der Waals surface area contributed by atoms with E-state index in [0.717, 1.165) is 44.8 Å². The van der Waals surface area contributed by atoms with Gasteiger partial charge < -0.3 is 0 Å². The van der Waals surface area contributed by atoms with Crippen molar-refractivity contribution in [2.24, 2.45) is 0 Å². The molecule has 0 unspecified atom stereocenters. The van der Waals surface area contributed by atoms with Crippen molar-refractivity contribution in [1.82, 2.24) is 9.80 Å². The van der Waals surface area contributed by atoms with Gasteiger partial charge in [0.1, 0.15) is 0 Å². The molecule has 3 rings (SSSR count). The summed E-state index contributed by atoms with van der Waals surface area (Å²) < 4.78 is 0. The van der Waals surface area contributed by atoms with Crippen molar-refractivity contribution in [2.75, 3.05) is 26.2 Å². The quantitative estimate of drug-likeness (QED) is 0.625. The zero-order valence-corrected chi connectivity index (χ0v) is 14.0. The van der Waals surface area contributed by atoms with Crippen LogP contribution in [0.1, 0.15) is 16.7 Å². The zero-order valence-electron chi connectivity index (χ0n) is 14.0. The third kappa shape index (κ3) is 4.40. The second-order valence-corrected chi connectivity index (χ2v) is 6.47. The van der Waals surface area contributed by atoms with Gasteiger partial charge in [-0.2, -0.15) is 0 Å². The lowest BCUT2D eigenvalue weighted by Crippen LogP contribution is -2.45. The maximum Gasteiger partial charge on any atom is 0.269 e. The first-order chi connectivity index (χ1) is 11.6. The number of nitro benzene ring substituents is 1. The van der Waals surface area contributed by atoms with Crippen LogP contribution in [0, 0.1) is 17.0 Å². The third-order valence-corrected chi connectivity index (χ3v) is 4.48. The second kappa shape index (κ2) is 7.55. The summed E-state index contributed by atoms with van der Waals surface area (Å²) in [5.74, 6) is 0. The summed E-state index contributed by atoms with van der Waals surface area (Å²) in [5.41, 5.74) is 3.85. The summed E-state index contributed by atoms with van der Waals surface area (Å²) in [7, 11) is 0. The van der Waals surface area contributed by atoms with Gasteiger partial charge in [0.2, 0.25) is 0 Å². The van der Waals surface area contributed by atoms with Crippen LogP contribution in [-0.2, 0) is 13.1 Å². The zero-order chi connectivity index (χ0) is 16.9. The van der Waals surface area contributed by atoms with Crippen molar-refractivity contribution < 1.29 is 4.92 Å². The molecular weight excluding hydrogens is 302 g/mol. The number of benzene rings is 2. The van der Waals surface area contributed by atoms with Crippen LogP contribution in [0.3, 0.4) is 0 Å². The molecule has 0 aliphatic carbocycles. The van der Waals surface area contributed by atoms with Gasteiger partial charge >= 0.3 is 0 Å². The van der Waals surface area contributed by atoms with Gasteiger partial charge in [-0.05, 0) is 18.1 Å². The molecule has 1 saturated heterocycles. The Morgan fingerprint density at radius 2 is 1.46 bits per heavy atom. The lowest BCUT2D eigenvalue weighted by molar-refractivity contribution is -0.384. The van der Waals surface area contributed by atoms with E-state index in [0.29, 0.717) is 0 Å². The summed E-state index contributed by atoms with van der Waals surface area (Å²) in [4.78, 5) is 15.4. The van der Waals surface area contributed by atoms with Crippen molar-refractivity contribution in [3.63, 3.8) is 0 Å². The lowest BCUT2D eigenvalue weighted by Gasteiger charge is -2.34. The number of nitrogens with zero attached hydrogens (tertiary/aromatic N) is 3. The van der Waals surface area contributed by atoms with E-state index in [-0.39, 0.29) is 10.6 Å². The number of piperazine rings is 1. The predicted octanol–water partition coefficient (Wildman–Crippen LogP) is 3.22. The molecule has 0 bridgehead atoms. The van der Waals surface area contributed by atoms with Gasteiger partial charge in [-0.1, -0.05) is 42.0 Å². The van der Waals surface area contributed by atoms with Gasteiger partial charge in [-0.15, -0.1) is 0 Å². The first-order valence-electron chi connectivity index (χ1n) is 8.34. The van der Waals surface area contributed by atoms with E-state index in [4.69, 9.17) is 0 Å². The Kier molecular flexibility index (Phi) is 5.23. The largest absolute Gasteiger partial charge is 0.297 e. The van der Waals surface area contributed by atoms with Gasteiger partial charge in [-0.25, -0.2) is 0 Å². The van der Waals surface area contributed by atoms with Gasteiger partial charge in [0, 0.05) is 51.4 Å². The third-order valence-electron chi connectivity index (χ3n) is 4.48. The SMILES string of the molecule is Cc1cccc(CN2CCN(Cc3cccc([N+](=O)[O-])c3)CC2)c1. The topological polar surface area (TPSA) is 49.6 Å². The molecule has 2 aromatic rings. The maximum absolute atomic E-state index is 10.9. The Labute approximate surface area is 142 Å². The molecule has 0 saturated carbocycles. The Balaban J connectivity index is 1.52. The molecule has 1 aliphatic heterocycles. The summed E-state index contributed by atoms with van der Waals surface area (Å²) in [6, 6.07) is 15.6. The number of rotatable bonds is 5. The molecule has 5 heteroatoms. The summed E-state index contributed by atoms with van der Waals surface area (Å²) >= 11 is 0. The molecule has 0 radical (unpaired) electrons. The normalized spacial score (nSPS) is 16.2.